The lowest BCUT2D eigenvalue weighted by atomic mass is 9.54. The Labute approximate surface area is 146 Å². The Morgan fingerprint density at radius 2 is 1.84 bits per heavy atom. The molecule has 1 N–H and O–H groups in total. The third-order valence-electron chi connectivity index (χ3n) is 8.28. The van der Waals surface area contributed by atoms with Crippen molar-refractivity contribution in [1.82, 2.24) is 4.90 Å². The van der Waals surface area contributed by atoms with Crippen LogP contribution in [-0.4, -0.2) is 58.4 Å². The third-order valence-corrected chi connectivity index (χ3v) is 8.28. The zero-order chi connectivity index (χ0) is 17.2. The van der Waals surface area contributed by atoms with E-state index in [1.165, 1.54) is 6.42 Å². The van der Waals surface area contributed by atoms with E-state index in [2.05, 4.69) is 0 Å². The topological polar surface area (TPSA) is 76.1 Å². The molecule has 2 aliphatic carbocycles. The van der Waals surface area contributed by atoms with Crippen LogP contribution in [0.2, 0.25) is 0 Å². The Hall–Kier alpha value is -1.14. The van der Waals surface area contributed by atoms with E-state index >= 15 is 0 Å². The number of carbonyl (C=O) groups is 2. The Bertz CT molecular complexity index is 675. The summed E-state index contributed by atoms with van der Waals surface area (Å²) in [4.78, 5) is 26.9. The van der Waals surface area contributed by atoms with Crippen molar-refractivity contribution < 1.29 is 24.2 Å². The highest BCUT2D eigenvalue weighted by Gasteiger charge is 2.77. The molecular weight excluding hydrogens is 322 g/mol. The number of fused-ring (bicyclic) bond motifs is 5. The van der Waals surface area contributed by atoms with Gasteiger partial charge in [-0.05, 0) is 57.3 Å². The maximum absolute atomic E-state index is 13.0. The normalized spacial score (nSPS) is 53.6. The summed E-state index contributed by atoms with van der Waals surface area (Å²) in [5, 5.41) is 9.82. The number of aliphatic carboxylic acids is 1. The van der Waals surface area contributed by atoms with E-state index in [4.69, 9.17) is 9.47 Å². The van der Waals surface area contributed by atoms with Gasteiger partial charge in [-0.15, -0.1) is 0 Å². The minimum atomic E-state index is -0.729. The zero-order valence-corrected chi connectivity index (χ0v) is 14.6. The number of piperidine rings is 1. The third kappa shape index (κ3) is 1.64. The molecule has 5 heterocycles. The Morgan fingerprint density at radius 3 is 2.44 bits per heavy atom. The van der Waals surface area contributed by atoms with Crippen LogP contribution in [0.3, 0.4) is 0 Å². The molecule has 4 bridgehead atoms. The smallest absolute Gasteiger partial charge is 0.312 e. The lowest BCUT2D eigenvalue weighted by molar-refractivity contribution is -0.162. The van der Waals surface area contributed by atoms with Crippen molar-refractivity contribution in [3.63, 3.8) is 0 Å². The van der Waals surface area contributed by atoms with Gasteiger partial charge < -0.3 is 19.5 Å². The summed E-state index contributed by atoms with van der Waals surface area (Å²) >= 11 is 0. The van der Waals surface area contributed by atoms with Crippen molar-refractivity contribution in [2.24, 2.45) is 23.2 Å². The average Bonchev–Trinajstić information content (AvgIpc) is 2.94. The fraction of sp³-hybridized carbons (Fsp3) is 0.895. The molecule has 2 saturated carbocycles. The van der Waals surface area contributed by atoms with E-state index in [1.807, 2.05) is 11.8 Å². The van der Waals surface area contributed by atoms with Crippen LogP contribution in [0, 0.1) is 23.2 Å². The average molecular weight is 347 g/mol. The second-order valence-corrected chi connectivity index (χ2v) is 9.66. The van der Waals surface area contributed by atoms with Gasteiger partial charge in [0.2, 0.25) is 5.91 Å². The quantitative estimate of drug-likeness (QED) is 0.818. The van der Waals surface area contributed by atoms with E-state index in [0.29, 0.717) is 50.8 Å². The maximum atomic E-state index is 13.0. The van der Waals surface area contributed by atoms with Crippen LogP contribution in [0.4, 0.5) is 0 Å². The minimum Gasteiger partial charge on any atom is -0.481 e. The first-order valence-corrected chi connectivity index (χ1v) is 9.74. The van der Waals surface area contributed by atoms with Crippen LogP contribution in [-0.2, 0) is 19.1 Å². The van der Waals surface area contributed by atoms with Gasteiger partial charge in [-0.3, -0.25) is 9.59 Å². The van der Waals surface area contributed by atoms with Gasteiger partial charge in [0.05, 0.1) is 29.3 Å². The van der Waals surface area contributed by atoms with Crippen molar-refractivity contribution in [2.45, 2.75) is 68.9 Å². The highest BCUT2D eigenvalue weighted by molar-refractivity contribution is 5.81. The molecule has 5 atom stereocenters. The number of hydrogen-bond acceptors (Lipinski definition) is 4. The SMILES string of the molecule is CC12CC(C(=O)O)(C1)C1(CCN(C(=O)[C@@H]3C[C@@H]4O[C@H]3[C@H]3C[C@H]34)CC1)O2. The predicted octanol–water partition coefficient (Wildman–Crippen LogP) is 1.42. The van der Waals surface area contributed by atoms with Gasteiger partial charge >= 0.3 is 5.97 Å². The molecule has 5 aliphatic heterocycles. The lowest BCUT2D eigenvalue weighted by Gasteiger charge is -2.47. The number of ether oxygens (including phenoxy) is 2. The second kappa shape index (κ2) is 4.22. The summed E-state index contributed by atoms with van der Waals surface area (Å²) in [6.07, 6.45) is 5.14. The molecule has 1 spiro atoms. The van der Waals surface area contributed by atoms with Gasteiger partial charge in [0.15, 0.2) is 0 Å². The number of carbonyl (C=O) groups excluding carboxylic acids is 1. The molecule has 0 aromatic rings. The molecule has 1 amide bonds. The summed E-state index contributed by atoms with van der Waals surface area (Å²) in [5.74, 6) is 0.905. The number of hydrogen-bond donors (Lipinski definition) is 1. The van der Waals surface area contributed by atoms with Crippen LogP contribution in [0.25, 0.3) is 0 Å². The monoisotopic (exact) mass is 347 g/mol. The fourth-order valence-corrected chi connectivity index (χ4v) is 7.13. The van der Waals surface area contributed by atoms with E-state index in [1.54, 1.807) is 0 Å². The Kier molecular flexibility index (Phi) is 2.53. The predicted molar refractivity (Wildman–Crippen MR) is 85.7 cm³/mol. The van der Waals surface area contributed by atoms with Crippen molar-refractivity contribution in [3.8, 4) is 0 Å². The number of rotatable bonds is 2. The van der Waals surface area contributed by atoms with Gasteiger partial charge in [-0.25, -0.2) is 0 Å². The molecule has 0 unspecified atom stereocenters. The standard InChI is InChI=1S/C19H25NO5/c1-17-8-18(9-17,16(22)23)19(25-17)2-4-20(5-3-19)15(21)12-7-13-10-6-11(10)14(12)24-13/h10-14H,2-9H2,1H3,(H,22,23)/t10-,11+,12-,13+,14+,17?,18?/m1/s1. The van der Waals surface area contributed by atoms with Crippen LogP contribution in [0.15, 0.2) is 0 Å². The van der Waals surface area contributed by atoms with Crippen molar-refractivity contribution >= 4 is 11.9 Å². The first-order valence-electron chi connectivity index (χ1n) is 9.74. The van der Waals surface area contributed by atoms with Crippen molar-refractivity contribution in [2.75, 3.05) is 13.1 Å². The van der Waals surface area contributed by atoms with E-state index in [0.717, 1.165) is 12.3 Å². The summed E-state index contributed by atoms with van der Waals surface area (Å²) < 4.78 is 12.3. The van der Waals surface area contributed by atoms with Gasteiger partial charge in [-0.1, -0.05) is 0 Å². The summed E-state index contributed by atoms with van der Waals surface area (Å²) in [6.45, 7) is 3.26. The fourth-order valence-electron chi connectivity index (χ4n) is 7.13. The summed E-state index contributed by atoms with van der Waals surface area (Å²) in [5.41, 5.74) is -1.57. The molecule has 7 aliphatic rings. The molecule has 0 aromatic carbocycles. The molecule has 0 aromatic heterocycles. The molecule has 0 radical (unpaired) electrons. The lowest BCUT2D eigenvalue weighted by Crippen LogP contribution is -2.58. The Balaban J connectivity index is 1.18. The molecule has 7 fully saturated rings. The van der Waals surface area contributed by atoms with Gasteiger partial charge in [0.1, 0.15) is 5.41 Å². The van der Waals surface area contributed by atoms with Crippen LogP contribution in [0.5, 0.6) is 0 Å². The number of carboxylic acids is 1. The van der Waals surface area contributed by atoms with Gasteiger partial charge in [0.25, 0.3) is 0 Å². The number of likely N-dealkylation sites (tertiary alicyclic amines) is 1. The molecule has 6 heteroatoms. The largest absolute Gasteiger partial charge is 0.481 e. The molecule has 5 saturated heterocycles. The molecule has 136 valence electrons. The van der Waals surface area contributed by atoms with Crippen LogP contribution in [0.1, 0.15) is 45.4 Å². The number of amides is 1. The van der Waals surface area contributed by atoms with Gasteiger partial charge in [-0.2, -0.15) is 0 Å². The van der Waals surface area contributed by atoms with Crippen molar-refractivity contribution in [1.29, 1.82) is 0 Å². The van der Waals surface area contributed by atoms with E-state index in [9.17, 15) is 14.7 Å². The summed E-state index contributed by atoms with van der Waals surface area (Å²) in [7, 11) is 0. The highest BCUT2D eigenvalue weighted by Crippen LogP contribution is 2.69. The van der Waals surface area contributed by atoms with Crippen LogP contribution < -0.4 is 0 Å². The van der Waals surface area contributed by atoms with E-state index in [-0.39, 0.29) is 23.5 Å². The van der Waals surface area contributed by atoms with Gasteiger partial charge in [0, 0.05) is 13.1 Å². The first kappa shape index (κ1) is 15.0. The first-order chi connectivity index (χ1) is 11.9. The minimum absolute atomic E-state index is 0.0342. The number of nitrogens with zero attached hydrogens (tertiary/aromatic N) is 1. The van der Waals surface area contributed by atoms with E-state index < -0.39 is 17.0 Å². The molecular formula is C19H25NO5. The number of carboxylic acid groups (broad SMARTS) is 1. The maximum Gasteiger partial charge on any atom is 0.312 e. The highest BCUT2D eigenvalue weighted by atomic mass is 16.5. The zero-order valence-electron chi connectivity index (χ0n) is 14.6. The summed E-state index contributed by atoms with van der Waals surface area (Å²) in [6, 6.07) is 0. The second-order valence-electron chi connectivity index (χ2n) is 9.66. The van der Waals surface area contributed by atoms with Crippen LogP contribution >= 0.6 is 0 Å². The molecule has 6 nitrogen and oxygen atoms in total. The molecule has 7 rings (SSSR count). The van der Waals surface area contributed by atoms with Crippen molar-refractivity contribution in [3.05, 3.63) is 0 Å². The molecule has 25 heavy (non-hydrogen) atoms. The Morgan fingerprint density at radius 1 is 1.12 bits per heavy atom.